The molecule has 3 heterocycles. The Bertz CT molecular complexity index is 2040. The number of piperidine rings is 1. The number of sulfonamides is 1. The van der Waals surface area contributed by atoms with Crippen molar-refractivity contribution in [3.63, 3.8) is 0 Å². The van der Waals surface area contributed by atoms with Crippen LogP contribution < -0.4 is 9.62 Å². The molecule has 0 spiro atoms. The number of hydrogen-bond donors (Lipinski definition) is 1. The summed E-state index contributed by atoms with van der Waals surface area (Å²) >= 11 is 1.12. The number of likely N-dealkylation sites (tertiary alicyclic amines) is 1. The van der Waals surface area contributed by atoms with E-state index < -0.39 is 27.6 Å². The lowest BCUT2D eigenvalue weighted by Crippen LogP contribution is -2.39. The molecule has 0 saturated carbocycles. The van der Waals surface area contributed by atoms with Gasteiger partial charge in [-0.2, -0.15) is 0 Å². The number of nitrogens with zero attached hydrogens (tertiary/aromatic N) is 3. The minimum atomic E-state index is -3.71. The number of hydrogen-bond acceptors (Lipinski definition) is 7. The van der Waals surface area contributed by atoms with E-state index in [0.717, 1.165) is 21.9 Å². The van der Waals surface area contributed by atoms with Gasteiger partial charge in [0.05, 0.1) is 27.7 Å². The molecule has 0 bridgehead atoms. The Balaban J connectivity index is 1.45. The molecule has 2 amide bonds. The molecule has 1 unspecified atom stereocenters. The molecule has 1 aliphatic rings. The summed E-state index contributed by atoms with van der Waals surface area (Å²) in [5.41, 5.74) is 2.51. The van der Waals surface area contributed by atoms with Crippen molar-refractivity contribution in [2.24, 2.45) is 0 Å². The Kier molecular flexibility index (Phi) is 7.62. The lowest BCUT2D eigenvalue weighted by Gasteiger charge is -2.34. The Labute approximate surface area is 256 Å². The number of fused-ring (bicyclic) bond motifs is 2. The van der Waals surface area contributed by atoms with Gasteiger partial charge in [0, 0.05) is 50.1 Å². The largest absolute Gasteiger partial charge is 0.455 e. The van der Waals surface area contributed by atoms with Gasteiger partial charge < -0.3 is 14.6 Å². The monoisotopic (exact) mass is 638 g/mol. The minimum absolute atomic E-state index is 0.220. The third kappa shape index (κ3) is 5.41. The predicted molar refractivity (Wildman–Crippen MR) is 166 cm³/mol. The van der Waals surface area contributed by atoms with E-state index in [1.807, 2.05) is 0 Å². The Morgan fingerprint density at radius 2 is 1.82 bits per heavy atom. The van der Waals surface area contributed by atoms with Crippen molar-refractivity contribution >= 4 is 60.0 Å². The number of thiazole rings is 1. The third-order valence-electron chi connectivity index (χ3n) is 7.92. The zero-order valence-corrected chi connectivity index (χ0v) is 25.7. The third-order valence-corrected chi connectivity index (χ3v) is 10.1. The standard InChI is InChI=1S/C31H28F2N4O5S2/c1-34-29(38)27-22-14-21(18-5-4-12-37(16-18)31(39)30-35-23-11-10-20(33)13-26(23)43-30)24(36(2)44(3,40)41)15-25(22)42-28(27)17-6-8-19(32)9-7-17/h6-11,13-15,18H,4-5,12,16H2,1-3H3,(H,34,38). The average molecular weight is 639 g/mol. The maximum absolute atomic E-state index is 13.7. The van der Waals surface area contributed by atoms with Crippen molar-refractivity contribution in [2.75, 3.05) is 37.7 Å². The molecule has 3 aromatic carbocycles. The number of aromatic nitrogens is 1. The second-order valence-corrected chi connectivity index (χ2v) is 13.8. The van der Waals surface area contributed by atoms with Gasteiger partial charge in [-0.1, -0.05) is 0 Å². The van der Waals surface area contributed by atoms with Gasteiger partial charge in [-0.25, -0.2) is 22.2 Å². The molecule has 44 heavy (non-hydrogen) atoms. The van der Waals surface area contributed by atoms with Gasteiger partial charge in [0.25, 0.3) is 11.8 Å². The van der Waals surface area contributed by atoms with Crippen LogP contribution in [0.1, 0.15) is 44.5 Å². The Morgan fingerprint density at radius 1 is 1.09 bits per heavy atom. The van der Waals surface area contributed by atoms with Crippen molar-refractivity contribution in [3.8, 4) is 11.3 Å². The minimum Gasteiger partial charge on any atom is -0.455 e. The molecule has 6 rings (SSSR count). The topological polar surface area (TPSA) is 113 Å². The molecule has 5 aromatic rings. The summed E-state index contributed by atoms with van der Waals surface area (Å²) < 4.78 is 60.8. The molecule has 1 N–H and O–H groups in total. The first kappa shape index (κ1) is 29.7. The maximum atomic E-state index is 13.7. The fraction of sp³-hybridized carbons (Fsp3) is 0.258. The molecule has 0 radical (unpaired) electrons. The average Bonchev–Trinajstić information content (AvgIpc) is 3.60. The van der Waals surface area contributed by atoms with E-state index in [0.29, 0.717) is 51.8 Å². The van der Waals surface area contributed by atoms with Crippen molar-refractivity contribution in [2.45, 2.75) is 18.8 Å². The second-order valence-electron chi connectivity index (χ2n) is 10.8. The summed E-state index contributed by atoms with van der Waals surface area (Å²) in [7, 11) is -0.778. The molecule has 2 aromatic heterocycles. The summed E-state index contributed by atoms with van der Waals surface area (Å²) in [5.74, 6) is -1.63. The van der Waals surface area contributed by atoms with E-state index >= 15 is 0 Å². The van der Waals surface area contributed by atoms with Crippen LogP contribution in [0.15, 0.2) is 59.0 Å². The van der Waals surface area contributed by atoms with E-state index in [2.05, 4.69) is 10.3 Å². The lowest BCUT2D eigenvalue weighted by molar-refractivity contribution is 0.0707. The molecule has 9 nitrogen and oxygen atoms in total. The predicted octanol–water partition coefficient (Wildman–Crippen LogP) is 5.76. The zero-order chi connectivity index (χ0) is 31.3. The van der Waals surface area contributed by atoms with Crippen LogP contribution in [-0.2, 0) is 10.0 Å². The lowest BCUT2D eigenvalue weighted by atomic mass is 9.88. The number of anilines is 1. The van der Waals surface area contributed by atoms with E-state index in [9.17, 15) is 26.8 Å². The van der Waals surface area contributed by atoms with E-state index in [1.165, 1.54) is 56.6 Å². The number of amides is 2. The summed E-state index contributed by atoms with van der Waals surface area (Å²) in [6.45, 7) is 0.750. The van der Waals surface area contributed by atoms with Gasteiger partial charge in [-0.3, -0.25) is 13.9 Å². The van der Waals surface area contributed by atoms with Gasteiger partial charge in [0.2, 0.25) is 10.0 Å². The number of carbonyl (C=O) groups is 2. The van der Waals surface area contributed by atoms with Crippen molar-refractivity contribution in [1.29, 1.82) is 0 Å². The molecule has 228 valence electrons. The molecule has 0 aliphatic carbocycles. The van der Waals surface area contributed by atoms with Crippen LogP contribution >= 0.6 is 11.3 Å². The molecule has 1 aliphatic heterocycles. The molecule has 1 saturated heterocycles. The first-order valence-electron chi connectivity index (χ1n) is 13.8. The first-order chi connectivity index (χ1) is 20.9. The molecule has 1 atom stereocenters. The highest BCUT2D eigenvalue weighted by molar-refractivity contribution is 7.92. The van der Waals surface area contributed by atoms with Gasteiger partial charge in [-0.15, -0.1) is 11.3 Å². The second kappa shape index (κ2) is 11.3. The quantitative estimate of drug-likeness (QED) is 0.253. The van der Waals surface area contributed by atoms with Gasteiger partial charge in [0.15, 0.2) is 5.01 Å². The van der Waals surface area contributed by atoms with Crippen LogP contribution in [0.3, 0.4) is 0 Å². The van der Waals surface area contributed by atoms with Crippen LogP contribution in [-0.4, -0.2) is 63.6 Å². The fourth-order valence-corrected chi connectivity index (χ4v) is 7.10. The molecular formula is C31H28F2N4O5S2. The van der Waals surface area contributed by atoms with Crippen molar-refractivity contribution < 1.29 is 31.2 Å². The summed E-state index contributed by atoms with van der Waals surface area (Å²) in [4.78, 5) is 32.8. The molecule has 1 fully saturated rings. The summed E-state index contributed by atoms with van der Waals surface area (Å²) in [6, 6.07) is 13.1. The highest BCUT2D eigenvalue weighted by Gasteiger charge is 2.32. The maximum Gasteiger partial charge on any atom is 0.282 e. The zero-order valence-electron chi connectivity index (χ0n) is 24.1. The van der Waals surface area contributed by atoms with Crippen LogP contribution in [0, 0.1) is 11.6 Å². The molecular weight excluding hydrogens is 610 g/mol. The van der Waals surface area contributed by atoms with Crippen molar-refractivity contribution in [3.05, 3.63) is 82.4 Å². The van der Waals surface area contributed by atoms with E-state index in [-0.39, 0.29) is 40.3 Å². The van der Waals surface area contributed by atoms with Crippen molar-refractivity contribution in [1.82, 2.24) is 15.2 Å². The summed E-state index contributed by atoms with van der Waals surface area (Å²) in [5, 5.41) is 3.34. The van der Waals surface area contributed by atoms with Gasteiger partial charge in [0.1, 0.15) is 23.0 Å². The van der Waals surface area contributed by atoms with Crippen LogP contribution in [0.2, 0.25) is 0 Å². The number of furan rings is 1. The van der Waals surface area contributed by atoms with Gasteiger partial charge >= 0.3 is 0 Å². The Morgan fingerprint density at radius 3 is 2.52 bits per heavy atom. The SMILES string of the molecule is CNC(=O)c1c(-c2ccc(F)cc2)oc2cc(N(C)S(C)(=O)=O)c(C3CCCN(C(=O)c4nc5ccc(F)cc5s4)C3)cc12. The van der Waals surface area contributed by atoms with E-state index in [4.69, 9.17) is 4.42 Å². The number of nitrogens with one attached hydrogen (secondary N) is 1. The van der Waals surface area contributed by atoms with Crippen LogP contribution in [0.4, 0.5) is 14.5 Å². The highest BCUT2D eigenvalue weighted by Crippen LogP contribution is 2.42. The summed E-state index contributed by atoms with van der Waals surface area (Å²) in [6.07, 6.45) is 2.39. The normalized spacial score (nSPS) is 15.6. The first-order valence-corrected chi connectivity index (χ1v) is 16.5. The Hall–Kier alpha value is -4.36. The number of halogens is 2. The van der Waals surface area contributed by atoms with E-state index in [1.54, 1.807) is 17.0 Å². The van der Waals surface area contributed by atoms with Crippen LogP contribution in [0.25, 0.3) is 32.5 Å². The highest BCUT2D eigenvalue weighted by atomic mass is 32.2. The molecule has 13 heteroatoms. The number of carbonyl (C=O) groups excluding carboxylic acids is 2. The number of benzene rings is 3. The van der Waals surface area contributed by atoms with Crippen LogP contribution in [0.5, 0.6) is 0 Å². The van der Waals surface area contributed by atoms with Gasteiger partial charge in [-0.05, 0) is 66.9 Å². The fourth-order valence-electron chi connectivity index (χ4n) is 5.62. The smallest absolute Gasteiger partial charge is 0.282 e. The number of rotatable bonds is 6.